The van der Waals surface area contributed by atoms with E-state index in [9.17, 15) is 13.2 Å². The number of aryl methyl sites for hydroxylation is 2. The fraction of sp³-hybridized carbons (Fsp3) is 0.357. The van der Waals surface area contributed by atoms with Crippen LogP contribution in [0.25, 0.3) is 0 Å². The molecule has 0 bridgehead atoms. The maximum Gasteiger partial charge on any atom is 0.350 e. The number of benzene rings is 1. The molecular weight excluding hydrogens is 295 g/mol. The zero-order chi connectivity index (χ0) is 15.5. The average Bonchev–Trinajstić information content (AvgIpc) is 2.80. The van der Waals surface area contributed by atoms with Gasteiger partial charge in [-0.05, 0) is 35.6 Å². The summed E-state index contributed by atoms with van der Waals surface area (Å²) < 4.78 is 43.4. The van der Waals surface area contributed by atoms with Gasteiger partial charge in [0.05, 0.1) is 0 Å². The van der Waals surface area contributed by atoms with Crippen molar-refractivity contribution in [2.45, 2.75) is 38.0 Å². The highest BCUT2D eigenvalue weighted by Crippen LogP contribution is 2.24. The lowest BCUT2D eigenvalue weighted by Crippen LogP contribution is -2.22. The first-order valence-electron chi connectivity index (χ1n) is 6.68. The van der Waals surface area contributed by atoms with Crippen molar-refractivity contribution in [3.63, 3.8) is 0 Å². The highest BCUT2D eigenvalue weighted by Gasteiger charge is 2.34. The quantitative estimate of drug-likeness (QED) is 0.795. The number of aromatic nitrogens is 1. The van der Waals surface area contributed by atoms with Crippen molar-refractivity contribution in [3.8, 4) is 0 Å². The molecule has 7 heteroatoms. The van der Waals surface area contributed by atoms with Crippen LogP contribution in [0.5, 0.6) is 0 Å². The Morgan fingerprint density at radius 2 is 2.19 bits per heavy atom. The molecule has 0 saturated carbocycles. The minimum absolute atomic E-state index is 0.0921. The normalized spacial score (nSPS) is 13.9. The fourth-order valence-corrected chi connectivity index (χ4v) is 2.98. The van der Waals surface area contributed by atoms with Crippen LogP contribution in [0.15, 0.2) is 33.7 Å². The second kappa shape index (κ2) is 6.36. The molecule has 0 spiro atoms. The molecule has 2 aromatic rings. The van der Waals surface area contributed by atoms with Gasteiger partial charge in [-0.1, -0.05) is 24.6 Å². The Kier molecular flexibility index (Phi) is 4.74. The Balaban J connectivity index is 2.21. The molecule has 0 fully saturated rings. The third kappa shape index (κ3) is 3.89. The van der Waals surface area contributed by atoms with E-state index < -0.39 is 16.2 Å². The minimum atomic E-state index is -3.77. The van der Waals surface area contributed by atoms with Crippen molar-refractivity contribution < 1.29 is 17.7 Å². The third-order valence-corrected chi connectivity index (χ3v) is 4.40. The van der Waals surface area contributed by atoms with Crippen molar-refractivity contribution >= 4 is 16.2 Å². The average molecular weight is 313 g/mol. The van der Waals surface area contributed by atoms with Gasteiger partial charge in [-0.2, -0.15) is 9.27 Å². The van der Waals surface area contributed by atoms with Crippen LogP contribution in [0.3, 0.4) is 0 Å². The number of hydrogen-bond donors (Lipinski definition) is 2. The summed E-state index contributed by atoms with van der Waals surface area (Å²) in [6.07, 6.45) is 2.70. The lowest BCUT2D eigenvalue weighted by atomic mass is 10.1. The van der Waals surface area contributed by atoms with Crippen LogP contribution in [-0.2, 0) is 21.0 Å². The van der Waals surface area contributed by atoms with E-state index in [0.29, 0.717) is 5.76 Å². The first kappa shape index (κ1) is 15.7. The summed E-state index contributed by atoms with van der Waals surface area (Å²) in [6, 6.07) is 5.77. The molecule has 0 aliphatic rings. The van der Waals surface area contributed by atoms with E-state index in [1.165, 1.54) is 18.2 Å². The van der Waals surface area contributed by atoms with Crippen LogP contribution in [0.1, 0.15) is 31.1 Å². The van der Waals surface area contributed by atoms with Gasteiger partial charge in [-0.3, -0.25) is 0 Å². The summed E-state index contributed by atoms with van der Waals surface area (Å²) in [5, 5.41) is 3.57. The summed E-state index contributed by atoms with van der Waals surface area (Å²) in [6.45, 7) is 3.70. The molecule has 0 aliphatic heterocycles. The van der Waals surface area contributed by atoms with Crippen LogP contribution < -0.4 is 4.72 Å². The molecule has 1 aromatic heterocycles. The molecule has 1 heterocycles. The smallest absolute Gasteiger partial charge is 0.350 e. The molecule has 0 radical (unpaired) electrons. The Morgan fingerprint density at radius 3 is 2.76 bits per heavy atom. The van der Waals surface area contributed by atoms with E-state index in [1.807, 2.05) is 0 Å². The first-order chi connectivity index (χ1) is 9.92. The molecule has 2 rings (SSSR count). The largest absolute Gasteiger partial charge is 0.359 e. The zero-order valence-electron chi connectivity index (χ0n) is 11.9. The van der Waals surface area contributed by atoms with Gasteiger partial charge in [-0.15, -0.1) is 0 Å². The van der Waals surface area contributed by atoms with Gasteiger partial charge in [0, 0.05) is 12.1 Å². The molecule has 1 atom stereocenters. The summed E-state index contributed by atoms with van der Waals surface area (Å²) in [7, 11) is -3.77. The highest BCUT2D eigenvalue weighted by molar-refractivity contribution is 7.99. The summed E-state index contributed by atoms with van der Waals surface area (Å²) >= 11 is 0. The number of hydrogen-bond acceptors (Lipinski definition) is 3. The van der Waals surface area contributed by atoms with E-state index in [-0.39, 0.29) is 10.7 Å². The number of halogens is 1. The highest BCUT2D eigenvalue weighted by atomic mass is 32.3. The minimum Gasteiger partial charge on any atom is -0.359 e. The SMILES string of the molecule is CCCCc1ccc([S+](=O)(O)Nc2cc(C)on2)c(F)c1. The van der Waals surface area contributed by atoms with Gasteiger partial charge >= 0.3 is 10.4 Å². The topological polar surface area (TPSA) is 75.4 Å². The lowest BCUT2D eigenvalue weighted by Gasteiger charge is -2.06. The van der Waals surface area contributed by atoms with Crippen molar-refractivity contribution in [2.24, 2.45) is 0 Å². The maximum atomic E-state index is 14.1. The summed E-state index contributed by atoms with van der Waals surface area (Å²) in [4.78, 5) is -0.289. The number of rotatable bonds is 6. The molecule has 0 aliphatic carbocycles. The lowest BCUT2D eigenvalue weighted by molar-refractivity contribution is 0.400. The van der Waals surface area contributed by atoms with E-state index in [0.717, 1.165) is 24.8 Å². The van der Waals surface area contributed by atoms with E-state index in [2.05, 4.69) is 16.8 Å². The van der Waals surface area contributed by atoms with Crippen molar-refractivity contribution in [2.75, 3.05) is 4.72 Å². The van der Waals surface area contributed by atoms with Crippen LogP contribution in [0.2, 0.25) is 0 Å². The monoisotopic (exact) mass is 313 g/mol. The van der Waals surface area contributed by atoms with Gasteiger partial charge in [0.1, 0.15) is 5.76 Å². The second-order valence-corrected chi connectivity index (χ2v) is 6.51. The number of unbranched alkanes of at least 4 members (excludes halogenated alkanes) is 1. The van der Waals surface area contributed by atoms with E-state index in [1.54, 1.807) is 13.0 Å². The predicted molar refractivity (Wildman–Crippen MR) is 78.8 cm³/mol. The van der Waals surface area contributed by atoms with Crippen molar-refractivity contribution in [1.29, 1.82) is 0 Å². The zero-order valence-corrected chi connectivity index (χ0v) is 12.7. The Bertz CT molecular complexity index is 672. The second-order valence-electron chi connectivity index (χ2n) is 4.82. The molecule has 0 amide bonds. The maximum absolute atomic E-state index is 14.1. The van der Waals surface area contributed by atoms with Gasteiger partial charge in [0.2, 0.25) is 5.82 Å². The number of nitrogens with zero attached hydrogens (tertiary/aromatic N) is 1. The standard InChI is InChI=1S/C14H17FN2O3S/c1-3-4-5-11-6-7-13(12(15)9-11)21(18,19)17-14-8-10(2)20-16-14/h6-9H,3-5H2,1-2H3,(H-,16,17,18,19)/p+1. The predicted octanol–water partition coefficient (Wildman–Crippen LogP) is 3.82. The van der Waals surface area contributed by atoms with Crippen molar-refractivity contribution in [1.82, 2.24) is 5.16 Å². The molecule has 5 nitrogen and oxygen atoms in total. The molecule has 1 unspecified atom stereocenters. The van der Waals surface area contributed by atoms with Crippen LogP contribution in [0.4, 0.5) is 10.2 Å². The van der Waals surface area contributed by atoms with Gasteiger partial charge in [0.15, 0.2) is 5.82 Å². The molecule has 0 saturated heterocycles. The van der Waals surface area contributed by atoms with Gasteiger partial charge in [-0.25, -0.2) is 4.39 Å². The Labute approximate surface area is 123 Å². The summed E-state index contributed by atoms with van der Waals surface area (Å²) in [5.41, 5.74) is 0.811. The molecule has 114 valence electrons. The van der Waals surface area contributed by atoms with Gasteiger partial charge < -0.3 is 4.52 Å². The number of nitrogens with one attached hydrogen (secondary N) is 1. The molecule has 1 aromatic carbocycles. The molecular formula is C14H18FN2O3S+. The van der Waals surface area contributed by atoms with E-state index >= 15 is 0 Å². The fourth-order valence-electron chi connectivity index (χ4n) is 1.92. The van der Waals surface area contributed by atoms with Crippen LogP contribution in [-0.4, -0.2) is 9.71 Å². The molecule has 2 N–H and O–H groups in total. The van der Waals surface area contributed by atoms with Gasteiger partial charge in [0.25, 0.3) is 4.90 Å². The van der Waals surface area contributed by atoms with Crippen molar-refractivity contribution in [3.05, 3.63) is 41.4 Å². The first-order valence-corrected chi connectivity index (χ1v) is 8.20. The van der Waals surface area contributed by atoms with E-state index in [4.69, 9.17) is 4.52 Å². The third-order valence-electron chi connectivity index (χ3n) is 2.98. The Hall–Kier alpha value is -1.73. The summed E-state index contributed by atoms with van der Waals surface area (Å²) in [5.74, 6) is -0.124. The molecule has 21 heavy (non-hydrogen) atoms. The Morgan fingerprint density at radius 1 is 1.43 bits per heavy atom. The van der Waals surface area contributed by atoms with Crippen LogP contribution >= 0.6 is 0 Å². The van der Waals surface area contributed by atoms with Crippen LogP contribution in [0, 0.1) is 12.7 Å². The number of anilines is 1.